The second kappa shape index (κ2) is 11.4. The third-order valence-corrected chi connectivity index (χ3v) is 8.22. The van der Waals surface area contributed by atoms with Crippen LogP contribution in [0.3, 0.4) is 0 Å². The maximum atomic E-state index is 14.2. The minimum Gasteiger partial charge on any atom is -0.489 e. The molecule has 2 aliphatic heterocycles. The number of piperidine rings is 1. The van der Waals surface area contributed by atoms with Gasteiger partial charge in [-0.2, -0.15) is 0 Å². The number of likely N-dealkylation sites (tertiary alicyclic amines) is 1. The number of carbonyl (C=O) groups is 1. The average Bonchev–Trinajstić information content (AvgIpc) is 3.16. The molecular formula is C29H40FN5O2. The summed E-state index contributed by atoms with van der Waals surface area (Å²) < 4.78 is 20.1. The lowest BCUT2D eigenvalue weighted by atomic mass is 9.82. The van der Waals surface area contributed by atoms with Crippen molar-refractivity contribution < 1.29 is 13.9 Å². The summed E-state index contributed by atoms with van der Waals surface area (Å²) in [5, 5.41) is 7.04. The molecule has 4 N–H and O–H groups in total. The summed E-state index contributed by atoms with van der Waals surface area (Å²) in [5.41, 5.74) is 7.08. The van der Waals surface area contributed by atoms with Crippen LogP contribution in [0.4, 0.5) is 14.9 Å². The van der Waals surface area contributed by atoms with Crippen LogP contribution >= 0.6 is 0 Å². The molecule has 1 spiro atoms. The number of rotatable bonds is 8. The molecule has 200 valence electrons. The van der Waals surface area contributed by atoms with Gasteiger partial charge in [0.05, 0.1) is 5.54 Å². The van der Waals surface area contributed by atoms with Crippen LogP contribution in [0.15, 0.2) is 48.5 Å². The number of ether oxygens (including phenoxy) is 1. The van der Waals surface area contributed by atoms with Crippen LogP contribution in [-0.4, -0.2) is 54.4 Å². The molecule has 1 saturated carbocycles. The summed E-state index contributed by atoms with van der Waals surface area (Å²) in [4.78, 5) is 17.6. The van der Waals surface area contributed by atoms with Gasteiger partial charge in [0.2, 0.25) is 0 Å². The Labute approximate surface area is 219 Å². The fraction of sp³-hybridized carbons (Fsp3) is 0.552. The van der Waals surface area contributed by atoms with Gasteiger partial charge >= 0.3 is 6.03 Å². The number of halogens is 1. The Morgan fingerprint density at radius 1 is 1.14 bits per heavy atom. The average molecular weight is 510 g/mol. The Bertz CT molecular complexity index is 1070. The Balaban J connectivity index is 1.33. The molecule has 2 aromatic carbocycles. The first-order valence-electron chi connectivity index (χ1n) is 13.8. The number of benzene rings is 2. The van der Waals surface area contributed by atoms with Gasteiger partial charge in [-0.15, -0.1) is 0 Å². The van der Waals surface area contributed by atoms with Crippen LogP contribution in [-0.2, 0) is 6.54 Å². The van der Waals surface area contributed by atoms with Crippen molar-refractivity contribution in [3.05, 3.63) is 59.9 Å². The molecule has 2 saturated heterocycles. The molecule has 1 aliphatic carbocycles. The van der Waals surface area contributed by atoms with E-state index in [1.54, 1.807) is 6.07 Å². The minimum atomic E-state index is -0.444. The fourth-order valence-corrected chi connectivity index (χ4v) is 6.21. The molecule has 3 aliphatic rings. The van der Waals surface area contributed by atoms with Gasteiger partial charge in [0.1, 0.15) is 23.8 Å². The zero-order chi connectivity index (χ0) is 25.8. The molecule has 37 heavy (non-hydrogen) atoms. The quantitative estimate of drug-likeness (QED) is 0.493. The summed E-state index contributed by atoms with van der Waals surface area (Å²) in [6.45, 7) is 4.94. The van der Waals surface area contributed by atoms with E-state index >= 15 is 0 Å². The van der Waals surface area contributed by atoms with Gasteiger partial charge in [0.15, 0.2) is 0 Å². The molecule has 5 rings (SSSR count). The molecule has 2 amide bonds. The van der Waals surface area contributed by atoms with Crippen molar-refractivity contribution in [3.8, 4) is 5.75 Å². The third-order valence-electron chi connectivity index (χ3n) is 8.22. The molecule has 1 unspecified atom stereocenters. The topological polar surface area (TPSA) is 82.9 Å². The Morgan fingerprint density at radius 2 is 1.89 bits per heavy atom. The summed E-state index contributed by atoms with van der Waals surface area (Å²) in [6.07, 6.45) is 7.40. The fourth-order valence-electron chi connectivity index (χ4n) is 6.21. The summed E-state index contributed by atoms with van der Waals surface area (Å²) in [6, 6.07) is 14.9. The molecule has 3 fully saturated rings. The highest BCUT2D eigenvalue weighted by Gasteiger charge is 2.55. The Kier molecular flexibility index (Phi) is 7.98. The maximum absolute atomic E-state index is 14.2. The van der Waals surface area contributed by atoms with Crippen LogP contribution in [0.1, 0.15) is 57.4 Å². The second-order valence-electron chi connectivity index (χ2n) is 10.9. The standard InChI is InChI=1S/C29H40FN5O2/c1-21(19-31)37-26-12-5-7-22(17-26)20-34-15-13-29(14-16-34)27(32-24-9-3-2-4-10-24)33-28(36)35(29)25-11-6-8-23(30)18-25/h5-8,11-12,17-18,21,24,27,32H,2-4,9-10,13-16,19-20,31H2,1H3,(H,33,36)/t21-,27?/m0/s1. The van der Waals surface area contributed by atoms with Gasteiger partial charge in [-0.1, -0.05) is 37.5 Å². The minimum absolute atomic E-state index is 0.0279. The number of nitrogens with one attached hydrogen (secondary N) is 2. The number of anilines is 1. The Hall–Kier alpha value is -2.68. The number of amides is 2. The molecule has 2 aromatic rings. The lowest BCUT2D eigenvalue weighted by Crippen LogP contribution is -2.63. The number of hydrogen-bond acceptors (Lipinski definition) is 5. The van der Waals surface area contributed by atoms with E-state index in [0.29, 0.717) is 18.3 Å². The summed E-state index contributed by atoms with van der Waals surface area (Å²) in [5.74, 6) is 0.510. The number of urea groups is 1. The van der Waals surface area contributed by atoms with Crippen LogP contribution < -0.4 is 26.0 Å². The van der Waals surface area contributed by atoms with Gasteiger partial charge in [-0.3, -0.25) is 15.1 Å². The van der Waals surface area contributed by atoms with E-state index in [4.69, 9.17) is 10.5 Å². The largest absolute Gasteiger partial charge is 0.489 e. The lowest BCUT2D eigenvalue weighted by molar-refractivity contribution is 0.126. The third kappa shape index (κ3) is 5.76. The van der Waals surface area contributed by atoms with E-state index in [0.717, 1.165) is 51.1 Å². The number of hydrogen-bond donors (Lipinski definition) is 3. The zero-order valence-corrected chi connectivity index (χ0v) is 21.8. The molecule has 0 radical (unpaired) electrons. The zero-order valence-electron chi connectivity index (χ0n) is 21.8. The van der Waals surface area contributed by atoms with Gasteiger partial charge < -0.3 is 15.8 Å². The normalized spacial score (nSPS) is 23.3. The maximum Gasteiger partial charge on any atom is 0.323 e. The number of nitrogens with zero attached hydrogens (tertiary/aromatic N) is 2. The van der Waals surface area contributed by atoms with Crippen LogP contribution in [0.25, 0.3) is 0 Å². The van der Waals surface area contributed by atoms with Crippen LogP contribution in [0, 0.1) is 5.82 Å². The predicted octanol–water partition coefficient (Wildman–Crippen LogP) is 4.36. The van der Waals surface area contributed by atoms with Crippen LogP contribution in [0.2, 0.25) is 0 Å². The van der Waals surface area contributed by atoms with Crippen molar-refractivity contribution >= 4 is 11.7 Å². The molecule has 2 atom stereocenters. The van der Waals surface area contributed by atoms with E-state index in [-0.39, 0.29) is 24.1 Å². The number of carbonyl (C=O) groups excluding carboxylic acids is 1. The SMILES string of the molecule is C[C@@H](CN)Oc1cccc(CN2CCC3(CC2)C(NC2CCCCC2)NC(=O)N3c2cccc(F)c2)c1. The highest BCUT2D eigenvalue weighted by molar-refractivity contribution is 5.96. The van der Waals surface area contributed by atoms with Crippen molar-refractivity contribution in [1.82, 2.24) is 15.5 Å². The van der Waals surface area contributed by atoms with Crippen molar-refractivity contribution in [1.29, 1.82) is 0 Å². The molecule has 0 bridgehead atoms. The molecule has 8 heteroatoms. The van der Waals surface area contributed by atoms with E-state index in [9.17, 15) is 9.18 Å². The summed E-state index contributed by atoms with van der Waals surface area (Å²) in [7, 11) is 0. The summed E-state index contributed by atoms with van der Waals surface area (Å²) >= 11 is 0. The molecule has 0 aromatic heterocycles. The Morgan fingerprint density at radius 3 is 2.62 bits per heavy atom. The monoisotopic (exact) mass is 509 g/mol. The van der Waals surface area contributed by atoms with Crippen molar-refractivity contribution in [2.75, 3.05) is 24.5 Å². The van der Waals surface area contributed by atoms with Gasteiger partial charge in [0, 0.05) is 37.9 Å². The molecule has 7 nitrogen and oxygen atoms in total. The van der Waals surface area contributed by atoms with Gasteiger partial charge in [-0.05, 0) is 68.5 Å². The second-order valence-corrected chi connectivity index (χ2v) is 10.9. The highest BCUT2D eigenvalue weighted by atomic mass is 19.1. The number of nitrogens with two attached hydrogens (primary N) is 1. The first-order valence-corrected chi connectivity index (χ1v) is 13.8. The first-order chi connectivity index (χ1) is 18.0. The highest BCUT2D eigenvalue weighted by Crippen LogP contribution is 2.40. The van der Waals surface area contributed by atoms with E-state index in [2.05, 4.69) is 27.7 Å². The van der Waals surface area contributed by atoms with E-state index in [1.165, 1.54) is 37.0 Å². The van der Waals surface area contributed by atoms with Crippen molar-refractivity contribution in [2.45, 2.75) is 82.3 Å². The smallest absolute Gasteiger partial charge is 0.323 e. The van der Waals surface area contributed by atoms with Gasteiger partial charge in [-0.25, -0.2) is 9.18 Å². The van der Waals surface area contributed by atoms with Crippen molar-refractivity contribution in [2.24, 2.45) is 5.73 Å². The van der Waals surface area contributed by atoms with E-state index < -0.39 is 5.54 Å². The first kappa shape index (κ1) is 25.9. The van der Waals surface area contributed by atoms with Crippen molar-refractivity contribution in [3.63, 3.8) is 0 Å². The van der Waals surface area contributed by atoms with Gasteiger partial charge in [0.25, 0.3) is 0 Å². The lowest BCUT2D eigenvalue weighted by Gasteiger charge is -2.47. The molecule has 2 heterocycles. The molecular weight excluding hydrogens is 469 g/mol. The van der Waals surface area contributed by atoms with Crippen LogP contribution in [0.5, 0.6) is 5.75 Å². The predicted molar refractivity (Wildman–Crippen MR) is 144 cm³/mol. The van der Waals surface area contributed by atoms with E-state index in [1.807, 2.05) is 30.0 Å².